The maximum absolute atomic E-state index is 13.9. The molecule has 0 amide bonds. The van der Waals surface area contributed by atoms with Crippen molar-refractivity contribution in [1.29, 1.82) is 5.26 Å². The van der Waals surface area contributed by atoms with Gasteiger partial charge < -0.3 is 19.7 Å². The molecule has 3 rings (SSSR count). The molecular formula is C21H22ClFN4O2. The summed E-state index contributed by atoms with van der Waals surface area (Å²) in [4.78, 5) is 4.57. The third-order valence-corrected chi connectivity index (χ3v) is 4.64. The first kappa shape index (κ1) is 20.9. The van der Waals surface area contributed by atoms with Crippen molar-refractivity contribution in [2.75, 3.05) is 18.5 Å². The Bertz CT molecular complexity index is 1050. The average molecular weight is 417 g/mol. The first-order valence-electron chi connectivity index (χ1n) is 9.26. The minimum atomic E-state index is -0.833. The monoisotopic (exact) mass is 416 g/mol. The zero-order valence-electron chi connectivity index (χ0n) is 16.2. The van der Waals surface area contributed by atoms with Gasteiger partial charge in [-0.05, 0) is 38.1 Å². The fourth-order valence-corrected chi connectivity index (χ4v) is 3.19. The summed E-state index contributed by atoms with van der Waals surface area (Å²) < 4.78 is 21.3. The van der Waals surface area contributed by atoms with Gasteiger partial charge in [-0.2, -0.15) is 5.26 Å². The molecule has 8 heteroatoms. The lowest BCUT2D eigenvalue weighted by Crippen LogP contribution is -2.27. The third-order valence-electron chi connectivity index (χ3n) is 4.40. The highest BCUT2D eigenvalue weighted by Crippen LogP contribution is 2.26. The molecule has 0 radical (unpaired) electrons. The number of nitriles is 1. The van der Waals surface area contributed by atoms with Crippen molar-refractivity contribution >= 4 is 28.6 Å². The summed E-state index contributed by atoms with van der Waals surface area (Å²) >= 11 is 6.11. The van der Waals surface area contributed by atoms with Gasteiger partial charge in [0, 0.05) is 29.2 Å². The van der Waals surface area contributed by atoms with Gasteiger partial charge in [0.25, 0.3) is 0 Å². The molecule has 0 fully saturated rings. The highest BCUT2D eigenvalue weighted by atomic mass is 35.5. The van der Waals surface area contributed by atoms with Gasteiger partial charge in [-0.15, -0.1) is 0 Å². The highest BCUT2D eigenvalue weighted by molar-refractivity contribution is 6.31. The molecule has 0 saturated heterocycles. The number of imidazole rings is 1. The van der Waals surface area contributed by atoms with Gasteiger partial charge >= 0.3 is 0 Å². The summed E-state index contributed by atoms with van der Waals surface area (Å²) in [5, 5.41) is 22.7. The first-order valence-corrected chi connectivity index (χ1v) is 9.64. The van der Waals surface area contributed by atoms with Crippen molar-refractivity contribution in [3.05, 3.63) is 52.8 Å². The molecule has 0 bridgehead atoms. The number of ether oxygens (including phenoxy) is 1. The number of hydrogen-bond acceptors (Lipinski definition) is 5. The molecule has 29 heavy (non-hydrogen) atoms. The van der Waals surface area contributed by atoms with Crippen LogP contribution in [0.5, 0.6) is 5.75 Å². The Morgan fingerprint density at radius 2 is 2.10 bits per heavy atom. The van der Waals surface area contributed by atoms with Crippen LogP contribution in [0.15, 0.2) is 36.4 Å². The lowest BCUT2D eigenvalue weighted by atomic mass is 10.1. The van der Waals surface area contributed by atoms with Crippen LogP contribution in [0.4, 0.5) is 10.3 Å². The second kappa shape index (κ2) is 9.12. The molecule has 0 aliphatic carbocycles. The van der Waals surface area contributed by atoms with E-state index in [1.807, 2.05) is 36.6 Å². The van der Waals surface area contributed by atoms with E-state index in [0.717, 1.165) is 11.0 Å². The smallest absolute Gasteiger partial charge is 0.204 e. The molecule has 1 aromatic heterocycles. The van der Waals surface area contributed by atoms with Crippen molar-refractivity contribution in [3.63, 3.8) is 0 Å². The molecule has 6 nitrogen and oxygen atoms in total. The topological polar surface area (TPSA) is 83.1 Å². The van der Waals surface area contributed by atoms with E-state index in [2.05, 4.69) is 10.3 Å². The van der Waals surface area contributed by atoms with Crippen molar-refractivity contribution in [2.24, 2.45) is 0 Å². The van der Waals surface area contributed by atoms with Gasteiger partial charge in [0.1, 0.15) is 24.3 Å². The molecule has 0 aliphatic rings. The predicted molar refractivity (Wildman–Crippen MR) is 111 cm³/mol. The summed E-state index contributed by atoms with van der Waals surface area (Å²) in [5.41, 5.74) is 2.03. The minimum absolute atomic E-state index is 0.000716. The van der Waals surface area contributed by atoms with E-state index in [4.69, 9.17) is 21.6 Å². The number of anilines is 1. The largest absolute Gasteiger partial charge is 0.491 e. The van der Waals surface area contributed by atoms with Crippen molar-refractivity contribution in [2.45, 2.75) is 32.4 Å². The van der Waals surface area contributed by atoms with Gasteiger partial charge in [0.05, 0.1) is 23.5 Å². The number of aliphatic hydroxyl groups excluding tert-OH is 1. The molecule has 0 spiro atoms. The van der Waals surface area contributed by atoms with Gasteiger partial charge in [0.15, 0.2) is 0 Å². The molecule has 2 N–H and O–H groups in total. The summed E-state index contributed by atoms with van der Waals surface area (Å²) in [7, 11) is 0. The highest BCUT2D eigenvalue weighted by Gasteiger charge is 2.15. The van der Waals surface area contributed by atoms with Crippen LogP contribution >= 0.6 is 11.6 Å². The minimum Gasteiger partial charge on any atom is -0.491 e. The molecule has 0 aliphatic heterocycles. The van der Waals surface area contributed by atoms with Gasteiger partial charge in [0.2, 0.25) is 5.95 Å². The van der Waals surface area contributed by atoms with E-state index < -0.39 is 11.9 Å². The Balaban J connectivity index is 1.62. The fourth-order valence-electron chi connectivity index (χ4n) is 3.02. The summed E-state index contributed by atoms with van der Waals surface area (Å²) in [6.07, 6.45) is -0.832. The Kier molecular flexibility index (Phi) is 6.57. The van der Waals surface area contributed by atoms with E-state index in [1.54, 1.807) is 12.1 Å². The number of nitrogens with zero attached hydrogens (tertiary/aromatic N) is 3. The normalized spacial score (nSPS) is 12.2. The molecule has 1 atom stereocenters. The Hall–Kier alpha value is -2.82. The second-order valence-corrected chi connectivity index (χ2v) is 7.40. The number of nitrogens with one attached hydrogen (secondary N) is 1. The second-order valence-electron chi connectivity index (χ2n) is 6.97. The van der Waals surface area contributed by atoms with Crippen LogP contribution in [0.25, 0.3) is 11.0 Å². The fraction of sp³-hybridized carbons (Fsp3) is 0.333. The SMILES string of the molecule is CC(C)n1c(NCC(O)COc2ccc(CC#N)c(F)c2)nc2ccc(Cl)cc21. The van der Waals surface area contributed by atoms with Crippen LogP contribution in [0.1, 0.15) is 25.5 Å². The molecule has 152 valence electrons. The maximum atomic E-state index is 13.9. The van der Waals surface area contributed by atoms with E-state index in [0.29, 0.717) is 22.3 Å². The number of fused-ring (bicyclic) bond motifs is 1. The van der Waals surface area contributed by atoms with Crippen molar-refractivity contribution in [3.8, 4) is 11.8 Å². The van der Waals surface area contributed by atoms with Crippen LogP contribution in [-0.4, -0.2) is 33.9 Å². The lowest BCUT2D eigenvalue weighted by molar-refractivity contribution is 0.117. The number of aromatic nitrogens is 2. The van der Waals surface area contributed by atoms with E-state index >= 15 is 0 Å². The molecular weight excluding hydrogens is 395 g/mol. The molecule has 0 saturated carbocycles. The van der Waals surface area contributed by atoms with Gasteiger partial charge in [-0.25, -0.2) is 9.37 Å². The summed E-state index contributed by atoms with van der Waals surface area (Å²) in [6.45, 7) is 4.27. The molecule has 3 aromatic rings. The van der Waals surface area contributed by atoms with E-state index in [9.17, 15) is 9.50 Å². The van der Waals surface area contributed by atoms with E-state index in [1.165, 1.54) is 12.1 Å². The number of aliphatic hydroxyl groups is 1. The first-order chi connectivity index (χ1) is 13.9. The Morgan fingerprint density at radius 1 is 1.31 bits per heavy atom. The Morgan fingerprint density at radius 3 is 2.79 bits per heavy atom. The maximum Gasteiger partial charge on any atom is 0.204 e. The quantitative estimate of drug-likeness (QED) is 0.571. The number of benzene rings is 2. The van der Waals surface area contributed by atoms with Crippen molar-refractivity contribution < 1.29 is 14.2 Å². The predicted octanol–water partition coefficient (Wildman–Crippen LogP) is 4.33. The number of rotatable bonds is 8. The van der Waals surface area contributed by atoms with Crippen molar-refractivity contribution in [1.82, 2.24) is 9.55 Å². The van der Waals surface area contributed by atoms with E-state index in [-0.39, 0.29) is 25.6 Å². The molecule has 1 unspecified atom stereocenters. The molecule has 1 heterocycles. The number of hydrogen-bond donors (Lipinski definition) is 2. The van der Waals surface area contributed by atoms with Crippen LogP contribution in [0, 0.1) is 17.1 Å². The zero-order valence-corrected chi connectivity index (χ0v) is 16.9. The molecule has 2 aromatic carbocycles. The average Bonchev–Trinajstić information content (AvgIpc) is 3.04. The Labute approximate surface area is 173 Å². The summed E-state index contributed by atoms with van der Waals surface area (Å²) in [6, 6.07) is 11.9. The summed E-state index contributed by atoms with van der Waals surface area (Å²) in [5.74, 6) is 0.427. The van der Waals surface area contributed by atoms with Gasteiger partial charge in [-0.3, -0.25) is 0 Å². The van der Waals surface area contributed by atoms with Crippen LogP contribution in [0.3, 0.4) is 0 Å². The number of halogens is 2. The van der Waals surface area contributed by atoms with Crippen LogP contribution in [0.2, 0.25) is 5.02 Å². The zero-order chi connectivity index (χ0) is 21.0. The standard InChI is InChI=1S/C21H22ClFN4O2/c1-13(2)27-20-9-15(22)4-6-19(20)26-21(27)25-11-16(28)12-29-17-5-3-14(7-8-24)18(23)10-17/h3-6,9-10,13,16,28H,7,11-12H2,1-2H3,(H,25,26). The third kappa shape index (κ3) is 4.97. The van der Waals surface area contributed by atoms with Crippen LogP contribution in [-0.2, 0) is 6.42 Å². The van der Waals surface area contributed by atoms with Gasteiger partial charge in [-0.1, -0.05) is 17.7 Å². The van der Waals surface area contributed by atoms with Crippen LogP contribution < -0.4 is 10.1 Å². The lowest BCUT2D eigenvalue weighted by Gasteiger charge is -2.17.